The molecule has 3 heteroatoms. The number of fused-ring (bicyclic) bond motifs is 2. The highest BCUT2D eigenvalue weighted by molar-refractivity contribution is 6.36. The Hall–Kier alpha value is -0.400. The molecule has 0 aromatic heterocycles. The zero-order valence-electron chi connectivity index (χ0n) is 9.15. The second-order valence-corrected chi connectivity index (χ2v) is 5.85. The second-order valence-electron chi connectivity index (χ2n) is 5.00. The molecule has 0 radical (unpaired) electrons. The molecule has 1 fully saturated rings. The van der Waals surface area contributed by atoms with Crippen molar-refractivity contribution in [3.05, 3.63) is 27.7 Å². The molecular formula is C13H15Cl2N. The van der Waals surface area contributed by atoms with Gasteiger partial charge in [0.15, 0.2) is 0 Å². The molecule has 1 heterocycles. The van der Waals surface area contributed by atoms with Crippen molar-refractivity contribution < 1.29 is 0 Å². The molecule has 1 N–H and O–H groups in total. The summed E-state index contributed by atoms with van der Waals surface area (Å²) in [5, 5.41) is 5.00. The predicted octanol–water partition coefficient (Wildman–Crippen LogP) is 4.62. The van der Waals surface area contributed by atoms with Gasteiger partial charge in [0.05, 0.1) is 10.7 Å². The fourth-order valence-corrected chi connectivity index (χ4v) is 3.76. The van der Waals surface area contributed by atoms with E-state index in [0.717, 1.165) is 22.3 Å². The Morgan fingerprint density at radius 1 is 1.06 bits per heavy atom. The van der Waals surface area contributed by atoms with Gasteiger partial charge in [-0.25, -0.2) is 0 Å². The summed E-state index contributed by atoms with van der Waals surface area (Å²) in [7, 11) is 0. The highest BCUT2D eigenvalue weighted by Gasteiger charge is 2.40. The van der Waals surface area contributed by atoms with Gasteiger partial charge in [-0.05, 0) is 30.5 Å². The SMILES string of the molecule is Clc1cc(Cl)c2c(c1)C1(CCCCC1)CN2. The Kier molecular flexibility index (Phi) is 2.56. The number of hydrogen-bond donors (Lipinski definition) is 1. The maximum atomic E-state index is 6.23. The van der Waals surface area contributed by atoms with Crippen LogP contribution in [0.25, 0.3) is 0 Å². The lowest BCUT2D eigenvalue weighted by Gasteiger charge is -2.33. The molecule has 1 nitrogen and oxygen atoms in total. The summed E-state index contributed by atoms with van der Waals surface area (Å²) < 4.78 is 0. The third-order valence-corrected chi connectivity index (χ3v) is 4.56. The number of nitrogens with one attached hydrogen (secondary N) is 1. The summed E-state index contributed by atoms with van der Waals surface area (Å²) in [6.45, 7) is 1.03. The lowest BCUT2D eigenvalue weighted by molar-refractivity contribution is 0.319. The van der Waals surface area contributed by atoms with E-state index in [0.29, 0.717) is 5.41 Å². The minimum Gasteiger partial charge on any atom is -0.383 e. The molecule has 1 spiro atoms. The first-order chi connectivity index (χ1) is 7.71. The van der Waals surface area contributed by atoms with Gasteiger partial charge in [-0.3, -0.25) is 0 Å². The van der Waals surface area contributed by atoms with Gasteiger partial charge in [0.25, 0.3) is 0 Å². The standard InChI is InChI=1S/C13H15Cl2N/c14-9-6-10-12(11(15)7-9)16-8-13(10)4-2-1-3-5-13/h6-7,16H,1-5,8H2. The number of rotatable bonds is 0. The maximum Gasteiger partial charge on any atom is 0.0655 e. The topological polar surface area (TPSA) is 12.0 Å². The molecule has 1 saturated carbocycles. The molecule has 1 aromatic rings. The van der Waals surface area contributed by atoms with Crippen LogP contribution in [0.1, 0.15) is 37.7 Å². The average molecular weight is 256 g/mol. The molecule has 0 saturated heterocycles. The molecule has 1 aliphatic heterocycles. The summed E-state index contributed by atoms with van der Waals surface area (Å²) in [6, 6.07) is 3.94. The van der Waals surface area contributed by atoms with Gasteiger partial charge >= 0.3 is 0 Å². The molecule has 0 unspecified atom stereocenters. The van der Waals surface area contributed by atoms with Gasteiger partial charge in [0.1, 0.15) is 0 Å². The van der Waals surface area contributed by atoms with Crippen LogP contribution in [0.3, 0.4) is 0 Å². The van der Waals surface area contributed by atoms with Gasteiger partial charge in [-0.1, -0.05) is 42.5 Å². The fourth-order valence-electron chi connectivity index (χ4n) is 3.20. The van der Waals surface area contributed by atoms with Crippen LogP contribution in [0, 0.1) is 0 Å². The summed E-state index contributed by atoms with van der Waals surface area (Å²) in [6.07, 6.45) is 6.55. The molecular weight excluding hydrogens is 241 g/mol. The maximum absolute atomic E-state index is 6.23. The van der Waals surface area contributed by atoms with Crippen LogP contribution in [0.5, 0.6) is 0 Å². The first-order valence-corrected chi connectivity index (χ1v) is 6.70. The van der Waals surface area contributed by atoms with Crippen LogP contribution in [-0.2, 0) is 5.41 Å². The normalized spacial score (nSPS) is 21.9. The highest BCUT2D eigenvalue weighted by atomic mass is 35.5. The van der Waals surface area contributed by atoms with Crippen molar-refractivity contribution in [3.8, 4) is 0 Å². The Morgan fingerprint density at radius 2 is 1.81 bits per heavy atom. The van der Waals surface area contributed by atoms with Crippen molar-refractivity contribution in [2.75, 3.05) is 11.9 Å². The third-order valence-electron chi connectivity index (χ3n) is 4.04. The second kappa shape index (κ2) is 3.82. The summed E-state index contributed by atoms with van der Waals surface area (Å²) in [5.41, 5.74) is 2.78. The van der Waals surface area contributed by atoms with E-state index in [9.17, 15) is 0 Å². The molecule has 1 aliphatic carbocycles. The fraction of sp³-hybridized carbons (Fsp3) is 0.538. The zero-order valence-corrected chi connectivity index (χ0v) is 10.7. The Labute approximate surface area is 106 Å². The number of hydrogen-bond acceptors (Lipinski definition) is 1. The van der Waals surface area contributed by atoms with Crippen LogP contribution in [0.15, 0.2) is 12.1 Å². The van der Waals surface area contributed by atoms with E-state index in [2.05, 4.69) is 11.4 Å². The van der Waals surface area contributed by atoms with E-state index in [4.69, 9.17) is 23.2 Å². The molecule has 2 aliphatic rings. The summed E-state index contributed by atoms with van der Waals surface area (Å²) in [4.78, 5) is 0. The van der Waals surface area contributed by atoms with Crippen molar-refractivity contribution in [2.45, 2.75) is 37.5 Å². The summed E-state index contributed by atoms with van der Waals surface area (Å²) >= 11 is 12.3. The molecule has 0 atom stereocenters. The van der Waals surface area contributed by atoms with Crippen LogP contribution in [0.2, 0.25) is 10.0 Å². The van der Waals surface area contributed by atoms with Crippen molar-refractivity contribution in [1.29, 1.82) is 0 Å². The smallest absolute Gasteiger partial charge is 0.0655 e. The highest BCUT2D eigenvalue weighted by Crippen LogP contribution is 2.49. The molecule has 1 aromatic carbocycles. The first kappa shape index (κ1) is 10.7. The van der Waals surface area contributed by atoms with Gasteiger partial charge < -0.3 is 5.32 Å². The molecule has 86 valence electrons. The molecule has 0 bridgehead atoms. The van der Waals surface area contributed by atoms with Crippen molar-refractivity contribution >= 4 is 28.9 Å². The minimum absolute atomic E-state index is 0.308. The predicted molar refractivity (Wildman–Crippen MR) is 69.7 cm³/mol. The van der Waals surface area contributed by atoms with E-state index >= 15 is 0 Å². The van der Waals surface area contributed by atoms with Crippen molar-refractivity contribution in [2.24, 2.45) is 0 Å². The molecule has 16 heavy (non-hydrogen) atoms. The zero-order chi connectivity index (χ0) is 11.2. The van der Waals surface area contributed by atoms with Crippen molar-refractivity contribution in [3.63, 3.8) is 0 Å². The average Bonchev–Trinajstić information content (AvgIpc) is 2.59. The van der Waals surface area contributed by atoms with E-state index < -0.39 is 0 Å². The van der Waals surface area contributed by atoms with Crippen LogP contribution in [0.4, 0.5) is 5.69 Å². The van der Waals surface area contributed by atoms with Gasteiger partial charge in [0, 0.05) is 17.0 Å². The lowest BCUT2D eigenvalue weighted by Crippen LogP contribution is -2.30. The van der Waals surface area contributed by atoms with Gasteiger partial charge in [-0.15, -0.1) is 0 Å². The van der Waals surface area contributed by atoms with Crippen LogP contribution >= 0.6 is 23.2 Å². The number of halogens is 2. The van der Waals surface area contributed by atoms with Crippen molar-refractivity contribution in [1.82, 2.24) is 0 Å². The third kappa shape index (κ3) is 1.53. The van der Waals surface area contributed by atoms with Crippen LogP contribution < -0.4 is 5.32 Å². The number of anilines is 1. The van der Waals surface area contributed by atoms with Gasteiger partial charge in [0.2, 0.25) is 0 Å². The van der Waals surface area contributed by atoms with E-state index in [1.807, 2.05) is 6.07 Å². The lowest BCUT2D eigenvalue weighted by atomic mass is 9.71. The van der Waals surface area contributed by atoms with E-state index in [1.54, 1.807) is 0 Å². The Balaban J connectivity index is 2.10. The monoisotopic (exact) mass is 255 g/mol. The Morgan fingerprint density at radius 3 is 2.56 bits per heavy atom. The first-order valence-electron chi connectivity index (χ1n) is 5.95. The van der Waals surface area contributed by atoms with Crippen LogP contribution in [-0.4, -0.2) is 6.54 Å². The molecule has 3 rings (SSSR count). The van der Waals surface area contributed by atoms with E-state index in [1.165, 1.54) is 37.7 Å². The van der Waals surface area contributed by atoms with E-state index in [-0.39, 0.29) is 0 Å². The Bertz CT molecular complexity index is 422. The number of benzene rings is 1. The molecule has 0 amide bonds. The van der Waals surface area contributed by atoms with Gasteiger partial charge in [-0.2, -0.15) is 0 Å². The summed E-state index contributed by atoms with van der Waals surface area (Å²) in [5.74, 6) is 0. The minimum atomic E-state index is 0.308. The quantitative estimate of drug-likeness (QED) is 0.714. The largest absolute Gasteiger partial charge is 0.383 e.